The highest BCUT2D eigenvalue weighted by Gasteiger charge is 2.18. The van der Waals surface area contributed by atoms with Crippen molar-refractivity contribution < 1.29 is 17.9 Å². The molecule has 2 rings (SSSR count). The summed E-state index contributed by atoms with van der Waals surface area (Å²) < 4.78 is 28.1. The Morgan fingerprint density at radius 1 is 1.31 bits per heavy atom. The van der Waals surface area contributed by atoms with Gasteiger partial charge < -0.3 is 10.1 Å². The normalized spacial score (nSPS) is 12.7. The van der Waals surface area contributed by atoms with Crippen LogP contribution in [-0.4, -0.2) is 36.6 Å². The molecule has 2 aromatic rings. The Kier molecular flexibility index (Phi) is 6.46. The number of aryl methyl sites for hydroxylation is 1. The summed E-state index contributed by atoms with van der Waals surface area (Å²) in [6.45, 7) is 3.57. The monoisotopic (exact) mass is 375 g/mol. The molecule has 0 saturated heterocycles. The average Bonchev–Trinajstić information content (AvgIpc) is 2.60. The van der Waals surface area contributed by atoms with E-state index in [2.05, 4.69) is 15.3 Å². The molecule has 0 fully saturated rings. The molecule has 0 radical (unpaired) electrons. The van der Waals surface area contributed by atoms with Gasteiger partial charge in [-0.2, -0.15) is 4.98 Å². The van der Waals surface area contributed by atoms with Crippen LogP contribution in [-0.2, 0) is 16.3 Å². The van der Waals surface area contributed by atoms with Gasteiger partial charge in [0.1, 0.15) is 17.1 Å². The van der Waals surface area contributed by atoms with E-state index in [9.17, 15) is 13.2 Å². The molecule has 0 spiro atoms. The maximum absolute atomic E-state index is 12.5. The Hall–Kier alpha value is -2.74. The van der Waals surface area contributed by atoms with Gasteiger partial charge in [0.05, 0.1) is 0 Å². The van der Waals surface area contributed by atoms with Crippen LogP contribution >= 0.6 is 0 Å². The van der Waals surface area contributed by atoms with E-state index >= 15 is 0 Å². The van der Waals surface area contributed by atoms with Gasteiger partial charge in [0, 0.05) is 30.3 Å². The Balaban J connectivity index is 2.24. The molecule has 1 aromatic heterocycles. The van der Waals surface area contributed by atoms with Gasteiger partial charge in [-0.05, 0) is 19.1 Å². The molecular weight excluding hydrogens is 354 g/mol. The minimum atomic E-state index is -3.26. The molecule has 0 saturated carbocycles. The molecule has 1 amide bonds. The van der Waals surface area contributed by atoms with Crippen LogP contribution in [0.15, 0.2) is 48.0 Å². The molecule has 0 aliphatic carbocycles. The predicted octanol–water partition coefficient (Wildman–Crippen LogP) is 2.51. The summed E-state index contributed by atoms with van der Waals surface area (Å²) in [6, 6.07) is 8.50. The van der Waals surface area contributed by atoms with Gasteiger partial charge in [0.25, 0.3) is 5.91 Å². The number of amides is 1. The summed E-state index contributed by atoms with van der Waals surface area (Å²) in [7, 11) is -3.26. The van der Waals surface area contributed by atoms with Crippen molar-refractivity contribution in [2.24, 2.45) is 0 Å². The molecule has 1 heterocycles. The number of sulfone groups is 1. The van der Waals surface area contributed by atoms with E-state index in [0.29, 0.717) is 18.0 Å². The molecule has 26 heavy (non-hydrogen) atoms. The fourth-order valence-corrected chi connectivity index (χ4v) is 2.52. The quantitative estimate of drug-likeness (QED) is 0.798. The fourth-order valence-electron chi connectivity index (χ4n) is 2.00. The lowest BCUT2D eigenvalue weighted by Gasteiger charge is -2.13. The van der Waals surface area contributed by atoms with Gasteiger partial charge in [0.15, 0.2) is 9.84 Å². The first-order valence-corrected chi connectivity index (χ1v) is 10.0. The molecule has 7 nitrogen and oxygen atoms in total. The number of nitrogens with one attached hydrogen (secondary N) is 1. The number of nitrogens with zero attached hydrogens (tertiary/aromatic N) is 2. The lowest BCUT2D eigenvalue weighted by Crippen LogP contribution is -2.31. The molecule has 1 N–H and O–H groups in total. The minimum Gasteiger partial charge on any atom is -0.438 e. The Bertz CT molecular complexity index is 896. The van der Waals surface area contributed by atoms with Gasteiger partial charge in [-0.3, -0.25) is 4.79 Å². The Morgan fingerprint density at radius 2 is 2.00 bits per heavy atom. The van der Waals surface area contributed by atoms with Crippen molar-refractivity contribution in [3.8, 4) is 11.6 Å². The zero-order valence-electron chi connectivity index (χ0n) is 14.8. The van der Waals surface area contributed by atoms with Crippen molar-refractivity contribution in [1.82, 2.24) is 15.3 Å². The van der Waals surface area contributed by atoms with Crippen LogP contribution < -0.4 is 10.1 Å². The second-order valence-corrected chi connectivity index (χ2v) is 7.63. The molecule has 1 unspecified atom stereocenters. The van der Waals surface area contributed by atoms with Crippen molar-refractivity contribution >= 4 is 15.7 Å². The summed E-state index contributed by atoms with van der Waals surface area (Å²) in [5.41, 5.74) is 0.172. The molecule has 1 atom stereocenters. The van der Waals surface area contributed by atoms with Gasteiger partial charge in [-0.25, -0.2) is 13.4 Å². The maximum Gasteiger partial charge on any atom is 0.258 e. The van der Waals surface area contributed by atoms with E-state index in [1.165, 1.54) is 12.3 Å². The summed E-state index contributed by atoms with van der Waals surface area (Å²) in [5, 5.41) is 3.73. The van der Waals surface area contributed by atoms with Crippen LogP contribution in [0.2, 0.25) is 0 Å². The van der Waals surface area contributed by atoms with Gasteiger partial charge >= 0.3 is 0 Å². The van der Waals surface area contributed by atoms with Crippen LogP contribution in [0.5, 0.6) is 11.6 Å². The van der Waals surface area contributed by atoms with Crippen molar-refractivity contribution in [3.05, 3.63) is 59.4 Å². The molecule has 8 heteroatoms. The van der Waals surface area contributed by atoms with Crippen molar-refractivity contribution in [3.63, 3.8) is 0 Å². The highest BCUT2D eigenvalue weighted by atomic mass is 32.2. The number of aromatic nitrogens is 2. The minimum absolute atomic E-state index is 0.153. The second kappa shape index (κ2) is 8.57. The van der Waals surface area contributed by atoms with E-state index in [1.807, 2.05) is 25.1 Å². The topological polar surface area (TPSA) is 98.2 Å². The van der Waals surface area contributed by atoms with E-state index in [4.69, 9.17) is 4.74 Å². The first-order valence-electron chi connectivity index (χ1n) is 8.06. The third-order valence-electron chi connectivity index (χ3n) is 3.30. The van der Waals surface area contributed by atoms with Crippen LogP contribution in [0.25, 0.3) is 0 Å². The van der Waals surface area contributed by atoms with E-state index < -0.39 is 21.8 Å². The summed E-state index contributed by atoms with van der Waals surface area (Å²) in [4.78, 5) is 21.0. The zero-order valence-corrected chi connectivity index (χ0v) is 15.7. The number of ether oxygens (including phenoxy) is 1. The Morgan fingerprint density at radius 3 is 2.62 bits per heavy atom. The molecule has 0 bridgehead atoms. The highest BCUT2D eigenvalue weighted by Crippen LogP contribution is 2.23. The molecule has 1 aromatic carbocycles. The van der Waals surface area contributed by atoms with E-state index in [1.54, 1.807) is 19.1 Å². The third kappa shape index (κ3) is 5.96. The van der Waals surface area contributed by atoms with Gasteiger partial charge in [-0.15, -0.1) is 0 Å². The molecular formula is C18H21N3O4S. The lowest BCUT2D eigenvalue weighted by molar-refractivity contribution is 0.0943. The molecule has 0 aliphatic rings. The first kappa shape index (κ1) is 19.6. The largest absolute Gasteiger partial charge is 0.438 e. The van der Waals surface area contributed by atoms with Crippen LogP contribution in [0, 0.1) is 0 Å². The summed E-state index contributed by atoms with van der Waals surface area (Å²) in [6.07, 6.45) is 4.49. The van der Waals surface area contributed by atoms with Gasteiger partial charge in [0.2, 0.25) is 5.88 Å². The highest BCUT2D eigenvalue weighted by molar-refractivity contribution is 7.93. The summed E-state index contributed by atoms with van der Waals surface area (Å²) in [5.74, 6) is 0.800. The van der Waals surface area contributed by atoms with Gasteiger partial charge in [-0.1, -0.05) is 31.2 Å². The van der Waals surface area contributed by atoms with Crippen molar-refractivity contribution in [2.75, 3.05) is 6.26 Å². The van der Waals surface area contributed by atoms with E-state index in [0.717, 1.165) is 11.7 Å². The lowest BCUT2D eigenvalue weighted by atomic mass is 10.2. The average molecular weight is 375 g/mol. The smallest absolute Gasteiger partial charge is 0.258 e. The van der Waals surface area contributed by atoms with Crippen LogP contribution in [0.1, 0.15) is 30.0 Å². The van der Waals surface area contributed by atoms with Crippen molar-refractivity contribution in [2.45, 2.75) is 26.3 Å². The number of hydrogen-bond donors (Lipinski definition) is 1. The number of carbonyl (C=O) groups is 1. The number of para-hydroxylation sites is 1. The number of rotatable bonds is 7. The number of benzene rings is 1. The van der Waals surface area contributed by atoms with Crippen molar-refractivity contribution in [1.29, 1.82) is 0 Å². The molecule has 0 aliphatic heterocycles. The molecule has 138 valence electrons. The fraction of sp³-hybridized carbons (Fsp3) is 0.278. The predicted molar refractivity (Wildman–Crippen MR) is 98.8 cm³/mol. The standard InChI is InChI=1S/C18H21N3O4S/c1-4-16-19-12-15(17(22)20-13(2)10-11-26(3,23)24)18(21-16)25-14-8-6-5-7-9-14/h5-13H,4H2,1-3H3,(H,20,22)/b11-10+. The summed E-state index contributed by atoms with van der Waals surface area (Å²) >= 11 is 0. The second-order valence-electron chi connectivity index (χ2n) is 5.69. The number of carbonyl (C=O) groups excluding carboxylic acids is 1. The van der Waals surface area contributed by atoms with Crippen LogP contribution in [0.4, 0.5) is 0 Å². The van der Waals surface area contributed by atoms with E-state index in [-0.39, 0.29) is 11.4 Å². The van der Waals surface area contributed by atoms with Crippen LogP contribution in [0.3, 0.4) is 0 Å². The first-order chi connectivity index (χ1) is 12.3. The zero-order chi connectivity index (χ0) is 19.2. The SMILES string of the molecule is CCc1ncc(C(=O)NC(C)/C=C/S(C)(=O)=O)c(Oc2ccccc2)n1. The third-order valence-corrected chi connectivity index (χ3v) is 3.95. The Labute approximate surface area is 153 Å². The number of hydrogen-bond acceptors (Lipinski definition) is 6. The maximum atomic E-state index is 12.5.